The first-order chi connectivity index (χ1) is 22.5. The molecule has 0 spiro atoms. The van der Waals surface area contributed by atoms with Crippen LogP contribution in [0, 0.1) is 11.8 Å². The lowest BCUT2D eigenvalue weighted by Gasteiger charge is -2.24. The second kappa shape index (κ2) is 16.7. The lowest BCUT2D eigenvalue weighted by Crippen LogP contribution is -2.50. The molecule has 0 saturated heterocycles. The molecule has 0 unspecified atom stereocenters. The molecule has 0 saturated carbocycles. The van der Waals surface area contributed by atoms with E-state index in [-0.39, 0.29) is 47.7 Å². The summed E-state index contributed by atoms with van der Waals surface area (Å²) in [6.07, 6.45) is 2.91. The molecule has 4 rings (SSSR count). The number of nitrogens with one attached hydrogen (secondary N) is 4. The maximum absolute atomic E-state index is 13.6. The van der Waals surface area contributed by atoms with Gasteiger partial charge in [0.1, 0.15) is 16.7 Å². The van der Waals surface area contributed by atoms with Gasteiger partial charge in [-0.3, -0.25) is 23.7 Å². The van der Waals surface area contributed by atoms with Crippen molar-refractivity contribution in [3.8, 4) is 0 Å². The minimum atomic E-state index is -0.710. The number of amides is 4. The van der Waals surface area contributed by atoms with Crippen LogP contribution in [0.3, 0.4) is 0 Å². The van der Waals surface area contributed by atoms with Gasteiger partial charge in [0.2, 0.25) is 11.8 Å². The van der Waals surface area contributed by atoms with Gasteiger partial charge in [0.05, 0.1) is 17.1 Å². The summed E-state index contributed by atoms with van der Waals surface area (Å²) in [6, 6.07) is 4.08. The number of nitrogens with two attached hydrogens (primary N) is 1. The van der Waals surface area contributed by atoms with E-state index < -0.39 is 6.04 Å². The Morgan fingerprint density at radius 3 is 2.51 bits per heavy atom. The normalized spacial score (nSPS) is 19.1. The van der Waals surface area contributed by atoms with Crippen LogP contribution in [0.2, 0.25) is 0 Å². The number of hydrogen-bond acceptors (Lipinski definition) is 8. The maximum Gasteiger partial charge on any atom is 0.326 e. The van der Waals surface area contributed by atoms with Crippen LogP contribution >= 0.6 is 11.3 Å². The van der Waals surface area contributed by atoms with Gasteiger partial charge >= 0.3 is 5.69 Å². The van der Waals surface area contributed by atoms with E-state index in [0.29, 0.717) is 91.6 Å². The van der Waals surface area contributed by atoms with E-state index >= 15 is 0 Å². The average Bonchev–Trinajstić information content (AvgIpc) is 3.65. The number of fused-ring (bicyclic) bond motifs is 1. The molecule has 13 nitrogen and oxygen atoms in total. The number of hydrogen-bond donors (Lipinski definition) is 5. The largest absolute Gasteiger partial charge is 0.354 e. The Hall–Kier alpha value is -4.04. The molecule has 3 aromatic rings. The summed E-state index contributed by atoms with van der Waals surface area (Å²) in [5, 5.41) is 11.1. The standard InChI is InChI=1S/C33H48N8O5S/c1-5-21(4)28-30(44)36-13-8-16-41-26-18-22(10-11-24(26)38-33(41)46)29(43)35-12-7-15-40(14-6-9-27(42)39-28)32(45)25-19-47-31(37-25)23(34)17-20(2)3/h10-11,18-21,23,28H,5-9,12-17,34H2,1-4H3,(H,35,43)(H,36,44)(H,38,46)(H,39,42)/t21-,23-,28-/m0/s1. The van der Waals surface area contributed by atoms with Crippen LogP contribution in [0.5, 0.6) is 0 Å². The predicted molar refractivity (Wildman–Crippen MR) is 182 cm³/mol. The molecule has 6 N–H and O–H groups in total. The Morgan fingerprint density at radius 2 is 1.77 bits per heavy atom. The smallest absolute Gasteiger partial charge is 0.326 e. The molecule has 0 aliphatic carbocycles. The summed E-state index contributed by atoms with van der Waals surface area (Å²) in [5.41, 5.74) is 7.94. The number of aryl methyl sites for hydroxylation is 1. The fourth-order valence-electron chi connectivity index (χ4n) is 5.67. The second-order valence-corrected chi connectivity index (χ2v) is 13.6. The molecule has 1 aromatic carbocycles. The summed E-state index contributed by atoms with van der Waals surface area (Å²) in [4.78, 5) is 74.5. The maximum atomic E-state index is 13.6. The minimum absolute atomic E-state index is 0.0979. The fourth-order valence-corrected chi connectivity index (χ4v) is 6.48. The average molecular weight is 669 g/mol. The van der Waals surface area contributed by atoms with Gasteiger partial charge < -0.3 is 31.6 Å². The van der Waals surface area contributed by atoms with Crippen LogP contribution in [0.1, 0.15) is 98.1 Å². The monoisotopic (exact) mass is 668 g/mol. The van der Waals surface area contributed by atoms with Crippen LogP contribution < -0.4 is 27.4 Å². The Bertz CT molecular complexity index is 1610. The lowest BCUT2D eigenvalue weighted by molar-refractivity contribution is -0.130. The highest BCUT2D eigenvalue weighted by Crippen LogP contribution is 2.23. The number of H-pyrrole nitrogens is 1. The molecular weight excluding hydrogens is 620 g/mol. The molecule has 3 heterocycles. The zero-order valence-corrected chi connectivity index (χ0v) is 28.6. The van der Waals surface area contributed by atoms with Crippen molar-refractivity contribution in [1.29, 1.82) is 0 Å². The van der Waals surface area contributed by atoms with Gasteiger partial charge in [0.15, 0.2) is 0 Å². The number of imidazole rings is 1. The summed E-state index contributed by atoms with van der Waals surface area (Å²) in [6.45, 7) is 9.63. The van der Waals surface area contributed by atoms with Crippen LogP contribution in [0.25, 0.3) is 11.0 Å². The fraction of sp³-hybridized carbons (Fsp3) is 0.576. The number of carbonyl (C=O) groups excluding carboxylic acids is 4. The molecular formula is C33H48N8O5S. The van der Waals surface area contributed by atoms with Gasteiger partial charge in [0.25, 0.3) is 11.8 Å². The van der Waals surface area contributed by atoms with Gasteiger partial charge in [-0.1, -0.05) is 34.1 Å². The first-order valence-electron chi connectivity index (χ1n) is 16.6. The molecule has 1 aliphatic heterocycles. The topological polar surface area (TPSA) is 184 Å². The summed E-state index contributed by atoms with van der Waals surface area (Å²) < 4.78 is 1.55. The third-order valence-electron chi connectivity index (χ3n) is 8.50. The molecule has 0 fully saturated rings. The number of nitrogens with zero attached hydrogens (tertiary/aromatic N) is 3. The molecule has 0 radical (unpaired) electrons. The molecule has 3 atom stereocenters. The lowest BCUT2D eigenvalue weighted by atomic mass is 9.98. The van der Waals surface area contributed by atoms with E-state index in [1.807, 2.05) is 13.8 Å². The third-order valence-corrected chi connectivity index (χ3v) is 9.48. The van der Waals surface area contributed by atoms with Gasteiger partial charge in [0, 0.05) is 50.1 Å². The molecule has 4 amide bonds. The number of thiazole rings is 1. The van der Waals surface area contributed by atoms with Crippen molar-refractivity contribution >= 4 is 46.0 Å². The highest BCUT2D eigenvalue weighted by atomic mass is 32.1. The van der Waals surface area contributed by atoms with Crippen molar-refractivity contribution in [1.82, 2.24) is 35.4 Å². The first kappa shape index (κ1) is 35.8. The highest BCUT2D eigenvalue weighted by Gasteiger charge is 2.26. The quantitative estimate of drug-likeness (QED) is 0.267. The van der Waals surface area contributed by atoms with E-state index in [4.69, 9.17) is 5.73 Å². The van der Waals surface area contributed by atoms with E-state index in [1.54, 1.807) is 33.0 Å². The van der Waals surface area contributed by atoms with Crippen molar-refractivity contribution in [2.45, 2.75) is 84.8 Å². The molecule has 1 aliphatic rings. The van der Waals surface area contributed by atoms with Crippen molar-refractivity contribution in [2.75, 3.05) is 26.2 Å². The predicted octanol–water partition coefficient (Wildman–Crippen LogP) is 2.93. The third kappa shape index (κ3) is 9.50. The van der Waals surface area contributed by atoms with E-state index in [9.17, 15) is 24.0 Å². The van der Waals surface area contributed by atoms with E-state index in [2.05, 4.69) is 39.8 Å². The molecule has 256 valence electrons. The summed E-state index contributed by atoms with van der Waals surface area (Å²) in [5.74, 6) is -0.817. The Morgan fingerprint density at radius 1 is 1.04 bits per heavy atom. The Labute approximate surface area is 279 Å². The highest BCUT2D eigenvalue weighted by molar-refractivity contribution is 7.09. The summed E-state index contributed by atoms with van der Waals surface area (Å²) >= 11 is 1.36. The van der Waals surface area contributed by atoms with Gasteiger partial charge in [-0.25, -0.2) is 9.78 Å². The Kier molecular flexibility index (Phi) is 12.7. The molecule has 14 heteroatoms. The van der Waals surface area contributed by atoms with Gasteiger partial charge in [-0.2, -0.15) is 0 Å². The first-order valence-corrected chi connectivity index (χ1v) is 17.4. The van der Waals surface area contributed by atoms with Gasteiger partial charge in [-0.05, 0) is 55.7 Å². The van der Waals surface area contributed by atoms with Crippen LogP contribution in [0.4, 0.5) is 0 Å². The van der Waals surface area contributed by atoms with Crippen molar-refractivity contribution in [3.63, 3.8) is 0 Å². The number of aromatic nitrogens is 3. The van der Waals surface area contributed by atoms with Crippen LogP contribution in [-0.4, -0.2) is 75.3 Å². The SMILES string of the molecule is CC[C@H](C)[C@@H]1NC(=O)CCCN(C(=O)c2csc([C@@H](N)CC(C)C)n2)CCCNC(=O)c2ccc3[nH]c(=O)n(c3c2)CCCNC1=O. The van der Waals surface area contributed by atoms with Crippen LogP contribution in [0.15, 0.2) is 28.4 Å². The summed E-state index contributed by atoms with van der Waals surface area (Å²) in [7, 11) is 0. The van der Waals surface area contributed by atoms with Crippen molar-refractivity contribution in [2.24, 2.45) is 17.6 Å². The van der Waals surface area contributed by atoms with Gasteiger partial charge in [-0.15, -0.1) is 11.3 Å². The molecule has 47 heavy (non-hydrogen) atoms. The zero-order valence-electron chi connectivity index (χ0n) is 27.8. The number of benzene rings is 1. The van der Waals surface area contributed by atoms with Crippen molar-refractivity contribution in [3.05, 3.63) is 50.3 Å². The number of rotatable bonds is 6. The Balaban J connectivity index is 1.54. The second-order valence-electron chi connectivity index (χ2n) is 12.7. The number of carbonyl (C=O) groups is 4. The number of aromatic amines is 1. The molecule has 2 bridgehead atoms. The molecule has 2 aromatic heterocycles. The van der Waals surface area contributed by atoms with E-state index in [1.165, 1.54) is 11.3 Å². The zero-order chi connectivity index (χ0) is 34.1. The van der Waals surface area contributed by atoms with Crippen molar-refractivity contribution < 1.29 is 19.2 Å². The van der Waals surface area contributed by atoms with E-state index in [0.717, 1.165) is 6.42 Å². The minimum Gasteiger partial charge on any atom is -0.354 e. The van der Waals surface area contributed by atoms with Crippen LogP contribution in [-0.2, 0) is 16.1 Å².